The minimum absolute atomic E-state index is 0.0886. The van der Waals surface area contributed by atoms with Crippen molar-refractivity contribution in [1.29, 1.82) is 0 Å². The van der Waals surface area contributed by atoms with Gasteiger partial charge in [0.1, 0.15) is 5.82 Å². The molecule has 3 rings (SSSR count). The van der Waals surface area contributed by atoms with Gasteiger partial charge in [0.25, 0.3) is 0 Å². The van der Waals surface area contributed by atoms with E-state index in [1.165, 1.54) is 12.1 Å². The van der Waals surface area contributed by atoms with Crippen LogP contribution in [0.1, 0.15) is 69.8 Å². The number of aliphatic hydroxyl groups is 1. The number of hydrogen-bond acceptors (Lipinski definition) is 4. The van der Waals surface area contributed by atoms with E-state index >= 15 is 0 Å². The predicted octanol–water partition coefficient (Wildman–Crippen LogP) is 5.06. The van der Waals surface area contributed by atoms with Crippen molar-refractivity contribution in [2.75, 3.05) is 40.4 Å². The number of benzene rings is 1. The Kier molecular flexibility index (Phi) is 11.1. The summed E-state index contributed by atoms with van der Waals surface area (Å²) >= 11 is 0. The maximum absolute atomic E-state index is 14.1. The van der Waals surface area contributed by atoms with Crippen LogP contribution in [0, 0.1) is 17.7 Å². The highest BCUT2D eigenvalue weighted by molar-refractivity contribution is 5.74. The molecule has 37 heavy (non-hydrogen) atoms. The predicted molar refractivity (Wildman–Crippen MR) is 138 cm³/mol. The lowest BCUT2D eigenvalue weighted by molar-refractivity contribution is -0.0568. The highest BCUT2D eigenvalue weighted by Gasteiger charge is 2.42. The van der Waals surface area contributed by atoms with Crippen molar-refractivity contribution in [3.05, 3.63) is 35.6 Å². The summed E-state index contributed by atoms with van der Waals surface area (Å²) in [5.74, 6) is -3.03. The van der Waals surface area contributed by atoms with Crippen LogP contribution in [0.15, 0.2) is 24.3 Å². The second-order valence-corrected chi connectivity index (χ2v) is 10.9. The molecule has 2 fully saturated rings. The Morgan fingerprint density at radius 1 is 1.27 bits per heavy atom. The van der Waals surface area contributed by atoms with E-state index in [1.54, 1.807) is 24.1 Å². The number of likely N-dealkylation sites (N-methyl/N-ethyl adjacent to an activating group) is 1. The number of carbonyl (C=O) groups is 1. The Morgan fingerprint density at radius 2 is 2.03 bits per heavy atom. The summed E-state index contributed by atoms with van der Waals surface area (Å²) in [5, 5.41) is 18.1. The molecule has 2 amide bonds. The van der Waals surface area contributed by atoms with Crippen LogP contribution in [0.5, 0.6) is 0 Å². The number of urea groups is 1. The highest BCUT2D eigenvalue weighted by atomic mass is 19.3. The molecule has 1 aromatic carbocycles. The number of ether oxygens (including phenoxy) is 1. The first-order valence-electron chi connectivity index (χ1n) is 13.7. The maximum atomic E-state index is 14.1. The molecule has 0 radical (unpaired) electrons. The summed E-state index contributed by atoms with van der Waals surface area (Å²) in [4.78, 5) is 15.0. The van der Waals surface area contributed by atoms with Gasteiger partial charge in [0.05, 0.1) is 5.60 Å². The van der Waals surface area contributed by atoms with Crippen LogP contribution < -0.4 is 10.6 Å². The molecule has 3 N–H and O–H groups in total. The average Bonchev–Trinajstić information content (AvgIpc) is 2.88. The van der Waals surface area contributed by atoms with Gasteiger partial charge < -0.3 is 25.4 Å². The monoisotopic (exact) mass is 527 g/mol. The van der Waals surface area contributed by atoms with Gasteiger partial charge in [-0.2, -0.15) is 0 Å². The van der Waals surface area contributed by atoms with E-state index in [2.05, 4.69) is 10.6 Å². The molecule has 2 aliphatic rings. The van der Waals surface area contributed by atoms with E-state index < -0.39 is 17.3 Å². The van der Waals surface area contributed by atoms with E-state index in [4.69, 9.17) is 4.74 Å². The lowest BCUT2D eigenvalue weighted by atomic mass is 9.74. The number of halogens is 3. The molecule has 1 saturated carbocycles. The Labute approximate surface area is 219 Å². The summed E-state index contributed by atoms with van der Waals surface area (Å²) in [6, 6.07) is 5.77. The van der Waals surface area contributed by atoms with Gasteiger partial charge in [-0.3, -0.25) is 0 Å². The number of piperidine rings is 1. The molecule has 0 spiro atoms. The van der Waals surface area contributed by atoms with Crippen LogP contribution in [0.3, 0.4) is 0 Å². The molecule has 3 atom stereocenters. The number of methoxy groups -OCH3 is 1. The van der Waals surface area contributed by atoms with Gasteiger partial charge in [0.15, 0.2) is 0 Å². The third-order valence-electron chi connectivity index (χ3n) is 8.10. The fourth-order valence-electron chi connectivity index (χ4n) is 5.98. The van der Waals surface area contributed by atoms with Gasteiger partial charge in [-0.1, -0.05) is 12.1 Å². The largest absolute Gasteiger partial charge is 0.385 e. The summed E-state index contributed by atoms with van der Waals surface area (Å²) in [5.41, 5.74) is -0.716. The molecular formula is C28H44F3N3O3. The molecule has 1 aliphatic heterocycles. The first kappa shape index (κ1) is 29.7. The fourth-order valence-corrected chi connectivity index (χ4v) is 5.98. The summed E-state index contributed by atoms with van der Waals surface area (Å²) in [6.45, 7) is 2.09. The molecule has 1 aromatic rings. The number of unbranched alkanes of at least 4 members (excludes halogenated alkanes) is 1. The number of alkyl halides is 2. The number of nitrogens with one attached hydrogen (secondary N) is 2. The van der Waals surface area contributed by atoms with Gasteiger partial charge >= 0.3 is 6.03 Å². The topological polar surface area (TPSA) is 73.8 Å². The Hall–Kier alpha value is -1.84. The minimum atomic E-state index is -2.57. The normalized spacial score (nSPS) is 22.9. The number of hydrogen-bond donors (Lipinski definition) is 3. The lowest BCUT2D eigenvalue weighted by Crippen LogP contribution is -2.54. The second-order valence-electron chi connectivity index (χ2n) is 10.9. The van der Waals surface area contributed by atoms with Crippen LogP contribution in [0.4, 0.5) is 18.0 Å². The van der Waals surface area contributed by atoms with E-state index in [0.717, 1.165) is 19.3 Å². The van der Waals surface area contributed by atoms with E-state index in [0.29, 0.717) is 63.9 Å². The quantitative estimate of drug-likeness (QED) is 0.333. The summed E-state index contributed by atoms with van der Waals surface area (Å²) in [7, 11) is 3.45. The Bertz CT molecular complexity index is 849. The molecule has 1 heterocycles. The molecule has 9 heteroatoms. The fraction of sp³-hybridized carbons (Fsp3) is 0.750. The molecule has 6 nitrogen and oxygen atoms in total. The highest BCUT2D eigenvalue weighted by Crippen LogP contribution is 2.40. The molecule has 1 saturated heterocycles. The molecule has 210 valence electrons. The van der Waals surface area contributed by atoms with Crippen molar-refractivity contribution < 1.29 is 27.8 Å². The van der Waals surface area contributed by atoms with Crippen LogP contribution in [0.25, 0.3) is 0 Å². The average molecular weight is 528 g/mol. The van der Waals surface area contributed by atoms with Gasteiger partial charge in [-0.25, -0.2) is 18.0 Å². The number of amides is 2. The zero-order valence-corrected chi connectivity index (χ0v) is 22.3. The van der Waals surface area contributed by atoms with Gasteiger partial charge in [-0.05, 0) is 82.0 Å². The van der Waals surface area contributed by atoms with Crippen LogP contribution in [-0.2, 0) is 10.3 Å². The zero-order valence-electron chi connectivity index (χ0n) is 22.3. The first-order chi connectivity index (χ1) is 17.7. The van der Waals surface area contributed by atoms with Crippen molar-refractivity contribution >= 4 is 6.03 Å². The van der Waals surface area contributed by atoms with Crippen molar-refractivity contribution in [2.24, 2.45) is 11.8 Å². The number of carbonyl (C=O) groups excluding carboxylic acids is 1. The molecule has 0 bridgehead atoms. The smallest absolute Gasteiger partial charge is 0.317 e. The zero-order chi connectivity index (χ0) is 26.9. The maximum Gasteiger partial charge on any atom is 0.317 e. The first-order valence-corrected chi connectivity index (χ1v) is 13.7. The van der Waals surface area contributed by atoms with E-state index in [9.17, 15) is 23.1 Å². The van der Waals surface area contributed by atoms with Gasteiger partial charge in [-0.15, -0.1) is 0 Å². The third-order valence-corrected chi connectivity index (χ3v) is 8.10. The molecule has 0 aromatic heterocycles. The van der Waals surface area contributed by atoms with Crippen LogP contribution in [-0.4, -0.2) is 68.4 Å². The number of likely N-dealkylation sites (tertiary alicyclic amines) is 1. The summed E-state index contributed by atoms with van der Waals surface area (Å²) in [6.07, 6.45) is 4.85. The van der Waals surface area contributed by atoms with Crippen molar-refractivity contribution in [3.63, 3.8) is 0 Å². The molecule has 1 unspecified atom stereocenters. The van der Waals surface area contributed by atoms with Crippen LogP contribution in [0.2, 0.25) is 0 Å². The lowest BCUT2D eigenvalue weighted by Gasteiger charge is -2.43. The molecule has 1 aliphatic carbocycles. The van der Waals surface area contributed by atoms with Crippen molar-refractivity contribution in [3.8, 4) is 0 Å². The number of nitrogens with zero attached hydrogens (tertiary/aromatic N) is 1. The number of rotatable bonds is 12. The van der Waals surface area contributed by atoms with Gasteiger partial charge in [0, 0.05) is 58.2 Å². The summed E-state index contributed by atoms with van der Waals surface area (Å²) < 4.78 is 46.4. The van der Waals surface area contributed by atoms with Crippen molar-refractivity contribution in [2.45, 2.75) is 81.8 Å². The van der Waals surface area contributed by atoms with Crippen LogP contribution >= 0.6 is 0 Å². The third kappa shape index (κ3) is 8.58. The SMILES string of the molecule is CNCC(CC1CCC(F)(F)CC1)NC(=O)N1CCC[C@@H]([C@@](O)(CCCCOC)c2cccc(F)c2)C1. The Morgan fingerprint density at radius 3 is 2.70 bits per heavy atom. The van der Waals surface area contributed by atoms with Crippen molar-refractivity contribution in [1.82, 2.24) is 15.5 Å². The Balaban J connectivity index is 1.66. The standard InChI is InChI=1S/C28H44F3N3O3/c1-32-19-25(17-21-10-13-27(30,31)14-11-21)33-26(35)34-15-6-8-23(20-34)28(36,12-3-4-16-37-2)22-7-5-9-24(29)18-22/h5,7,9,18,21,23,25,32,36H,3-4,6,8,10-17,19-20H2,1-2H3,(H,33,35)/t23-,25?,28-/m1/s1. The van der Waals surface area contributed by atoms with E-state index in [-0.39, 0.29) is 36.8 Å². The van der Waals surface area contributed by atoms with Gasteiger partial charge in [0.2, 0.25) is 5.92 Å². The minimum Gasteiger partial charge on any atom is -0.385 e. The second kappa shape index (κ2) is 13.8. The molecular weight excluding hydrogens is 483 g/mol. The van der Waals surface area contributed by atoms with E-state index in [1.807, 2.05) is 7.05 Å².